The third-order valence-corrected chi connectivity index (χ3v) is 2.30. The molecule has 0 saturated carbocycles. The van der Waals surface area contributed by atoms with Crippen LogP contribution >= 0.6 is 0 Å². The molecule has 0 radical (unpaired) electrons. The van der Waals surface area contributed by atoms with Crippen LogP contribution in [0.5, 0.6) is 0 Å². The molecule has 0 aliphatic carbocycles. The van der Waals surface area contributed by atoms with Crippen LogP contribution in [0, 0.1) is 5.92 Å². The zero-order valence-electron chi connectivity index (χ0n) is 10.1. The van der Waals surface area contributed by atoms with Crippen molar-refractivity contribution in [2.24, 2.45) is 5.92 Å². The van der Waals surface area contributed by atoms with Crippen molar-refractivity contribution >= 4 is 5.78 Å². The van der Waals surface area contributed by atoms with Crippen molar-refractivity contribution < 1.29 is 6.22 Å². The van der Waals surface area contributed by atoms with E-state index >= 15 is 0 Å². The van der Waals surface area contributed by atoms with E-state index in [4.69, 9.17) is 0 Å². The van der Waals surface area contributed by atoms with Gasteiger partial charge in [-0.15, -0.1) is 0 Å². The quantitative estimate of drug-likeness (QED) is 0.612. The van der Waals surface area contributed by atoms with Gasteiger partial charge < -0.3 is 5.32 Å². The van der Waals surface area contributed by atoms with E-state index in [1.54, 1.807) is 0 Å². The molecule has 0 heterocycles. The van der Waals surface area contributed by atoms with Crippen molar-refractivity contribution in [2.45, 2.75) is 59.4 Å². The molecule has 0 fully saturated rings. The summed E-state index contributed by atoms with van der Waals surface area (Å²) in [4.78, 5) is 11.3. The second-order valence-corrected chi connectivity index (χ2v) is 4.54. The first-order valence-corrected chi connectivity index (χ1v) is 5.80. The van der Waals surface area contributed by atoms with Crippen LogP contribution in [0.15, 0.2) is 0 Å². The Kier molecular flexibility index (Phi) is 7.77. The molecular formula is C12H27NO. The minimum Gasteiger partial charge on any atom is -0.315 e. The molecule has 14 heavy (non-hydrogen) atoms. The third kappa shape index (κ3) is 8.24. The van der Waals surface area contributed by atoms with Crippen LogP contribution in [-0.2, 0) is 4.79 Å². The van der Waals surface area contributed by atoms with Crippen molar-refractivity contribution in [3.63, 3.8) is 0 Å². The van der Waals surface area contributed by atoms with Crippen molar-refractivity contribution in [1.29, 1.82) is 0 Å². The Balaban J connectivity index is 0. The van der Waals surface area contributed by atoms with E-state index in [2.05, 4.69) is 19.2 Å². The highest BCUT2D eigenvalue weighted by Crippen LogP contribution is 2.05. The number of hydrogen-bond donors (Lipinski definition) is 1. The third-order valence-electron chi connectivity index (χ3n) is 2.30. The van der Waals surface area contributed by atoms with E-state index < -0.39 is 0 Å². The number of carbonyl (C=O) groups is 1. The summed E-state index contributed by atoms with van der Waals surface area (Å²) in [6, 6.07) is 0.576. The minimum atomic E-state index is 0. The van der Waals surface area contributed by atoms with Crippen LogP contribution in [0.4, 0.5) is 0 Å². The number of hydrogen-bond acceptors (Lipinski definition) is 2. The largest absolute Gasteiger partial charge is 0.315 e. The molecule has 0 aromatic rings. The van der Waals surface area contributed by atoms with E-state index in [9.17, 15) is 4.79 Å². The minimum absolute atomic E-state index is 0. The van der Waals surface area contributed by atoms with E-state index in [-0.39, 0.29) is 7.34 Å². The molecule has 86 valence electrons. The lowest BCUT2D eigenvalue weighted by atomic mass is 10.0. The predicted molar refractivity (Wildman–Crippen MR) is 63.6 cm³/mol. The van der Waals surface area contributed by atoms with Crippen LogP contribution in [0.25, 0.3) is 0 Å². The summed E-state index contributed by atoms with van der Waals surface area (Å²) in [6.45, 7) is 9.34. The molecule has 0 rings (SSSR count). The lowest BCUT2D eigenvalue weighted by molar-refractivity contribution is -0.122. The van der Waals surface area contributed by atoms with E-state index in [0.29, 0.717) is 11.8 Å². The molecule has 0 bridgehead atoms. The summed E-state index contributed by atoms with van der Waals surface area (Å²) >= 11 is 0. The molecule has 0 spiro atoms. The summed E-state index contributed by atoms with van der Waals surface area (Å²) in [5.74, 6) is 0.616. The molecule has 0 aromatic carbocycles. The van der Waals surface area contributed by atoms with Gasteiger partial charge in [-0.3, -0.25) is 4.79 Å². The second-order valence-electron chi connectivity index (χ2n) is 4.54. The summed E-state index contributed by atoms with van der Waals surface area (Å²) in [6.07, 6.45) is 4.16. The maximum atomic E-state index is 11.3. The maximum absolute atomic E-state index is 11.3. The fourth-order valence-electron chi connectivity index (χ4n) is 1.28. The Morgan fingerprint density at radius 3 is 2.29 bits per heavy atom. The summed E-state index contributed by atoms with van der Waals surface area (Å²) < 4.78 is 0. The topological polar surface area (TPSA) is 29.1 Å². The van der Waals surface area contributed by atoms with Gasteiger partial charge in [0.2, 0.25) is 0 Å². The van der Waals surface area contributed by atoms with Gasteiger partial charge in [-0.1, -0.05) is 34.1 Å². The first-order valence-electron chi connectivity index (χ1n) is 5.80. The summed E-state index contributed by atoms with van der Waals surface area (Å²) in [5.41, 5.74) is 0. The van der Waals surface area contributed by atoms with Gasteiger partial charge in [0.25, 0.3) is 0 Å². The number of rotatable bonds is 8. The Labute approximate surface area is 89.9 Å². The smallest absolute Gasteiger partial charge is 0.135 e. The maximum Gasteiger partial charge on any atom is 0.135 e. The number of ketones is 1. The highest BCUT2D eigenvalue weighted by Gasteiger charge is 2.05. The number of Topliss-reactive ketones (excluding diaryl/α,β-unsaturated/α-hetero) is 1. The summed E-state index contributed by atoms with van der Waals surface area (Å²) in [7, 11) is 0. The fourth-order valence-corrected chi connectivity index (χ4v) is 1.28. The monoisotopic (exact) mass is 201 g/mol. The Morgan fingerprint density at radius 1 is 1.14 bits per heavy atom. The van der Waals surface area contributed by atoms with Crippen LogP contribution in [0.2, 0.25) is 0 Å². The molecule has 0 unspecified atom stereocenters. The van der Waals surface area contributed by atoms with Crippen molar-refractivity contribution in [2.75, 3.05) is 6.54 Å². The molecule has 0 aromatic heterocycles. The molecule has 2 nitrogen and oxygen atoms in total. The number of nitrogens with one attached hydrogen (secondary N) is 1. The summed E-state index contributed by atoms with van der Waals surface area (Å²) in [5, 5.41) is 3.37. The van der Waals surface area contributed by atoms with E-state index in [1.165, 1.54) is 6.42 Å². The van der Waals surface area contributed by atoms with Crippen molar-refractivity contribution in [1.82, 2.24) is 5.32 Å². The second kappa shape index (κ2) is 7.98. The zero-order chi connectivity index (χ0) is 11.0. The SMILES string of the molecule is CC(C)NCCCCCC(=O)C(C)C.[HH]. The first-order chi connectivity index (χ1) is 6.54. The highest BCUT2D eigenvalue weighted by atomic mass is 16.1. The molecule has 0 amide bonds. The van der Waals surface area contributed by atoms with Crippen LogP contribution < -0.4 is 5.32 Å². The molecule has 0 aliphatic heterocycles. The molecule has 0 atom stereocenters. The van der Waals surface area contributed by atoms with Gasteiger partial charge in [0.15, 0.2) is 0 Å². The normalized spacial score (nSPS) is 11.3. The van der Waals surface area contributed by atoms with Crippen molar-refractivity contribution in [3.05, 3.63) is 0 Å². The average Bonchev–Trinajstić information content (AvgIpc) is 2.09. The first kappa shape index (κ1) is 13.6. The van der Waals surface area contributed by atoms with Gasteiger partial charge in [0.1, 0.15) is 5.78 Å². The number of carbonyl (C=O) groups excluding carboxylic acids is 1. The lowest BCUT2D eigenvalue weighted by Gasteiger charge is -2.07. The fraction of sp³-hybridized carbons (Fsp3) is 0.917. The van der Waals surface area contributed by atoms with Gasteiger partial charge in [-0.25, -0.2) is 0 Å². The Hall–Kier alpha value is -0.370. The zero-order valence-corrected chi connectivity index (χ0v) is 10.1. The number of unbranched alkanes of at least 4 members (excludes halogenated alkanes) is 2. The standard InChI is InChI=1S/C12H25NO.H2/c1-10(2)12(14)8-6-5-7-9-13-11(3)4;/h10-11,13H,5-9H2,1-4H3;1H. The Bertz CT molecular complexity index is 158. The predicted octanol–water partition coefficient (Wildman–Crippen LogP) is 3.02. The van der Waals surface area contributed by atoms with E-state index in [0.717, 1.165) is 25.8 Å². The van der Waals surface area contributed by atoms with Crippen LogP contribution in [0.3, 0.4) is 0 Å². The van der Waals surface area contributed by atoms with Gasteiger partial charge in [0.05, 0.1) is 0 Å². The highest BCUT2D eigenvalue weighted by molar-refractivity contribution is 5.80. The van der Waals surface area contributed by atoms with Crippen LogP contribution in [-0.4, -0.2) is 18.4 Å². The molecular weight excluding hydrogens is 174 g/mol. The molecule has 0 aliphatic rings. The Morgan fingerprint density at radius 2 is 1.79 bits per heavy atom. The lowest BCUT2D eigenvalue weighted by Crippen LogP contribution is -2.23. The van der Waals surface area contributed by atoms with Gasteiger partial charge in [-0.2, -0.15) is 0 Å². The van der Waals surface area contributed by atoms with Gasteiger partial charge in [0, 0.05) is 19.8 Å². The van der Waals surface area contributed by atoms with Gasteiger partial charge >= 0.3 is 0 Å². The van der Waals surface area contributed by atoms with Crippen molar-refractivity contribution in [3.8, 4) is 0 Å². The molecule has 1 N–H and O–H groups in total. The van der Waals surface area contributed by atoms with Crippen LogP contribution in [0.1, 0.15) is 54.8 Å². The van der Waals surface area contributed by atoms with Gasteiger partial charge in [-0.05, 0) is 19.4 Å². The van der Waals surface area contributed by atoms with E-state index in [1.807, 2.05) is 13.8 Å². The molecule has 0 saturated heterocycles. The molecule has 2 heteroatoms. The average molecular weight is 201 g/mol.